The van der Waals surface area contributed by atoms with Gasteiger partial charge < -0.3 is 25.1 Å². The highest BCUT2D eigenvalue weighted by Crippen LogP contribution is 2.42. The molecule has 0 unspecified atom stereocenters. The third-order valence-electron chi connectivity index (χ3n) is 7.25. The van der Waals surface area contributed by atoms with Gasteiger partial charge in [0, 0.05) is 16.3 Å². The zero-order valence-corrected chi connectivity index (χ0v) is 25.8. The number of carbonyl (C=O) groups is 3. The molecule has 1 atom stereocenters. The van der Waals surface area contributed by atoms with Crippen LogP contribution in [0.3, 0.4) is 0 Å². The Hall–Kier alpha value is -4.27. The lowest BCUT2D eigenvalue weighted by Gasteiger charge is -2.28. The van der Waals surface area contributed by atoms with Crippen LogP contribution < -0.4 is 16.0 Å². The lowest BCUT2D eigenvalue weighted by atomic mass is 9.85. The van der Waals surface area contributed by atoms with Crippen LogP contribution in [0.4, 0.5) is 10.7 Å². The van der Waals surface area contributed by atoms with Gasteiger partial charge in [0.05, 0.1) is 52.3 Å². The van der Waals surface area contributed by atoms with E-state index in [2.05, 4.69) is 22.0 Å². The standard InChI is InChI=1S/C32H32N4O5S2/c1-4-40-32(39)28-21-11-5-6-13-24(21)43-31(28)36-25(37)17-42-30-22(16-33)27(23-12-8-14-41-23)26(19(3)34-30)29(38)35-20-10-7-9-18(2)15-20/h7-10,12,14-15,27,34H,4-6,11,13,17H2,1-3H3,(H,35,38)(H,36,37)/t27-/m1/s1. The molecule has 2 aliphatic rings. The van der Waals surface area contributed by atoms with Gasteiger partial charge in [0.15, 0.2) is 0 Å². The van der Waals surface area contributed by atoms with Crippen LogP contribution in [-0.2, 0) is 27.2 Å². The zero-order valence-electron chi connectivity index (χ0n) is 24.2. The number of ether oxygens (including phenoxy) is 1. The Kier molecular flexibility index (Phi) is 9.38. The number of allylic oxidation sites excluding steroid dienone is 2. The van der Waals surface area contributed by atoms with Crippen LogP contribution in [-0.4, -0.2) is 30.1 Å². The number of hydrogen-bond donors (Lipinski definition) is 3. The summed E-state index contributed by atoms with van der Waals surface area (Å²) in [6.07, 6.45) is 5.19. The largest absolute Gasteiger partial charge is 0.468 e. The molecule has 3 N–H and O–H groups in total. The average Bonchev–Trinajstić information content (AvgIpc) is 3.64. The second kappa shape index (κ2) is 13.4. The maximum absolute atomic E-state index is 13.6. The lowest BCUT2D eigenvalue weighted by Crippen LogP contribution is -2.31. The Morgan fingerprint density at radius 2 is 1.98 bits per heavy atom. The van der Waals surface area contributed by atoms with E-state index < -0.39 is 11.9 Å². The summed E-state index contributed by atoms with van der Waals surface area (Å²) in [5, 5.41) is 20.3. The number of anilines is 2. The molecule has 0 radical (unpaired) electrons. The summed E-state index contributed by atoms with van der Waals surface area (Å²) in [4.78, 5) is 40.7. The Morgan fingerprint density at radius 3 is 2.70 bits per heavy atom. The Balaban J connectivity index is 1.37. The Morgan fingerprint density at radius 1 is 1.16 bits per heavy atom. The van der Waals surface area contributed by atoms with Crippen molar-refractivity contribution in [1.82, 2.24) is 5.32 Å². The highest BCUT2D eigenvalue weighted by molar-refractivity contribution is 8.03. The van der Waals surface area contributed by atoms with E-state index in [1.54, 1.807) is 32.0 Å². The molecular weight excluding hydrogens is 585 g/mol. The summed E-state index contributed by atoms with van der Waals surface area (Å²) >= 11 is 2.58. The number of esters is 1. The fraction of sp³-hybridized carbons (Fsp3) is 0.312. The molecule has 43 heavy (non-hydrogen) atoms. The number of rotatable bonds is 9. The molecule has 5 rings (SSSR count). The first-order valence-electron chi connectivity index (χ1n) is 14.1. The molecule has 222 valence electrons. The summed E-state index contributed by atoms with van der Waals surface area (Å²) in [6, 6.07) is 13.1. The average molecular weight is 617 g/mol. The number of hydrogen-bond acceptors (Lipinski definition) is 9. The molecule has 1 aromatic carbocycles. The molecule has 0 saturated carbocycles. The van der Waals surface area contributed by atoms with Crippen LogP contribution in [0.5, 0.6) is 0 Å². The van der Waals surface area contributed by atoms with Gasteiger partial charge in [-0.2, -0.15) is 5.26 Å². The number of furan rings is 1. The SMILES string of the molecule is CCOC(=O)c1c(NC(=O)CSC2=C(C#N)[C@H](c3ccco3)C(C(=O)Nc3cccc(C)c3)=C(C)N2)sc2c1CCCC2. The number of benzene rings is 1. The molecule has 0 spiro atoms. The van der Waals surface area contributed by atoms with Crippen LogP contribution in [0.25, 0.3) is 0 Å². The van der Waals surface area contributed by atoms with Crippen molar-refractivity contribution in [2.24, 2.45) is 0 Å². The molecule has 2 aromatic heterocycles. The molecule has 0 saturated heterocycles. The van der Waals surface area contributed by atoms with Crippen molar-refractivity contribution in [3.63, 3.8) is 0 Å². The van der Waals surface area contributed by atoms with Crippen molar-refractivity contribution in [2.45, 2.75) is 52.4 Å². The predicted molar refractivity (Wildman–Crippen MR) is 168 cm³/mol. The molecule has 0 fully saturated rings. The molecule has 1 aliphatic carbocycles. The number of amides is 2. The molecular formula is C32H32N4O5S2. The summed E-state index contributed by atoms with van der Waals surface area (Å²) < 4.78 is 11.0. The lowest BCUT2D eigenvalue weighted by molar-refractivity contribution is -0.114. The molecule has 3 aromatic rings. The first-order chi connectivity index (χ1) is 20.8. The second-order valence-corrected chi connectivity index (χ2v) is 12.4. The smallest absolute Gasteiger partial charge is 0.341 e. The number of nitrogens with one attached hydrogen (secondary N) is 3. The van der Waals surface area contributed by atoms with Gasteiger partial charge in [-0.1, -0.05) is 23.9 Å². The van der Waals surface area contributed by atoms with Crippen molar-refractivity contribution in [3.8, 4) is 6.07 Å². The molecule has 3 heterocycles. The first kappa shape index (κ1) is 30.2. The van der Waals surface area contributed by atoms with E-state index in [1.165, 1.54) is 17.6 Å². The third-order valence-corrected chi connectivity index (χ3v) is 9.47. The molecule has 0 bridgehead atoms. The maximum Gasteiger partial charge on any atom is 0.341 e. The van der Waals surface area contributed by atoms with Crippen LogP contribution in [0.1, 0.15) is 64.7 Å². The van der Waals surface area contributed by atoms with Gasteiger partial charge in [-0.3, -0.25) is 9.59 Å². The number of aryl methyl sites for hydroxylation is 2. The van der Waals surface area contributed by atoms with Gasteiger partial charge in [0.1, 0.15) is 10.8 Å². The van der Waals surface area contributed by atoms with E-state index in [4.69, 9.17) is 9.15 Å². The second-order valence-electron chi connectivity index (χ2n) is 10.3. The van der Waals surface area contributed by atoms with E-state index in [9.17, 15) is 19.6 Å². The Labute approximate surface area is 258 Å². The predicted octanol–water partition coefficient (Wildman–Crippen LogP) is 6.41. The van der Waals surface area contributed by atoms with Gasteiger partial charge >= 0.3 is 5.97 Å². The van der Waals surface area contributed by atoms with Gasteiger partial charge in [0.2, 0.25) is 5.91 Å². The van der Waals surface area contributed by atoms with Gasteiger partial charge in [-0.05, 0) is 81.8 Å². The molecule has 1 aliphatic heterocycles. The molecule has 2 amide bonds. The van der Waals surface area contributed by atoms with Crippen LogP contribution in [0.15, 0.2) is 69.0 Å². The quantitative estimate of drug-likeness (QED) is 0.235. The van der Waals surface area contributed by atoms with Crippen molar-refractivity contribution in [2.75, 3.05) is 23.0 Å². The van der Waals surface area contributed by atoms with Crippen LogP contribution in [0, 0.1) is 18.3 Å². The van der Waals surface area contributed by atoms with Crippen molar-refractivity contribution >= 4 is 51.6 Å². The minimum atomic E-state index is -0.768. The van der Waals surface area contributed by atoms with Gasteiger partial charge in [0.25, 0.3) is 5.91 Å². The number of thiophene rings is 1. The highest BCUT2D eigenvalue weighted by atomic mass is 32.2. The molecule has 11 heteroatoms. The van der Waals surface area contributed by atoms with Crippen LogP contribution >= 0.6 is 23.1 Å². The number of carbonyl (C=O) groups excluding carboxylic acids is 3. The maximum atomic E-state index is 13.6. The topological polar surface area (TPSA) is 133 Å². The minimum absolute atomic E-state index is 0.0265. The van der Waals surface area contributed by atoms with E-state index >= 15 is 0 Å². The summed E-state index contributed by atoms with van der Waals surface area (Å²) in [5.41, 5.74) is 4.23. The number of nitriles is 1. The normalized spacial score (nSPS) is 16.2. The summed E-state index contributed by atoms with van der Waals surface area (Å²) in [5.74, 6) is -1.46. The van der Waals surface area contributed by atoms with E-state index in [1.807, 2.05) is 25.1 Å². The van der Waals surface area contributed by atoms with E-state index in [0.29, 0.717) is 38.3 Å². The van der Waals surface area contributed by atoms with Gasteiger partial charge in [-0.15, -0.1) is 11.3 Å². The number of fused-ring (bicyclic) bond motifs is 1. The first-order valence-corrected chi connectivity index (χ1v) is 15.9. The Bertz CT molecular complexity index is 1660. The minimum Gasteiger partial charge on any atom is -0.468 e. The van der Waals surface area contributed by atoms with E-state index in [0.717, 1.165) is 53.4 Å². The van der Waals surface area contributed by atoms with Crippen molar-refractivity contribution in [1.29, 1.82) is 5.26 Å². The summed E-state index contributed by atoms with van der Waals surface area (Å²) in [7, 11) is 0. The van der Waals surface area contributed by atoms with Gasteiger partial charge in [-0.25, -0.2) is 4.79 Å². The van der Waals surface area contributed by atoms with E-state index in [-0.39, 0.29) is 29.7 Å². The zero-order chi connectivity index (χ0) is 30.5. The monoisotopic (exact) mass is 616 g/mol. The fourth-order valence-electron chi connectivity index (χ4n) is 5.36. The van der Waals surface area contributed by atoms with Crippen molar-refractivity contribution in [3.05, 3.63) is 91.9 Å². The summed E-state index contributed by atoms with van der Waals surface area (Å²) in [6.45, 7) is 5.71. The fourth-order valence-corrected chi connectivity index (χ4v) is 7.55. The van der Waals surface area contributed by atoms with Crippen LogP contribution in [0.2, 0.25) is 0 Å². The highest BCUT2D eigenvalue weighted by Gasteiger charge is 2.37. The van der Waals surface area contributed by atoms with Crippen molar-refractivity contribution < 1.29 is 23.5 Å². The third kappa shape index (κ3) is 6.55. The number of thioether (sulfide) groups is 1. The molecule has 9 nitrogen and oxygen atoms in total. The number of dihydropyridines is 1. The number of nitrogens with zero attached hydrogens (tertiary/aromatic N) is 1.